The quantitative estimate of drug-likeness (QED) is 0.601. The van der Waals surface area contributed by atoms with Crippen LogP contribution in [0.4, 0.5) is 0 Å². The third-order valence-electron chi connectivity index (χ3n) is 4.42. The topological polar surface area (TPSA) is 49.3 Å². The first-order chi connectivity index (χ1) is 10.2. The van der Waals surface area contributed by atoms with Crippen LogP contribution in [0.25, 0.3) is 0 Å². The van der Waals surface area contributed by atoms with Crippen LogP contribution in [-0.2, 0) is 6.42 Å². The molecule has 0 amide bonds. The van der Waals surface area contributed by atoms with Crippen LogP contribution in [0.3, 0.4) is 0 Å². The molecule has 1 saturated carbocycles. The second kappa shape index (κ2) is 7.78. The first-order valence-corrected chi connectivity index (χ1v) is 8.98. The summed E-state index contributed by atoms with van der Waals surface area (Å²) in [4.78, 5) is 9.28. The Morgan fingerprint density at radius 3 is 2.71 bits per heavy atom. The van der Waals surface area contributed by atoms with E-state index in [1.807, 2.05) is 0 Å². The number of aryl methyl sites for hydroxylation is 1. The van der Waals surface area contributed by atoms with E-state index in [4.69, 9.17) is 4.99 Å². The summed E-state index contributed by atoms with van der Waals surface area (Å²) >= 11 is 1.72. The van der Waals surface area contributed by atoms with Gasteiger partial charge in [0.2, 0.25) is 0 Å². The van der Waals surface area contributed by atoms with Gasteiger partial charge in [-0.25, -0.2) is 4.98 Å². The Labute approximate surface area is 132 Å². The predicted molar refractivity (Wildman–Crippen MR) is 91.1 cm³/mol. The molecule has 4 nitrogen and oxygen atoms in total. The van der Waals surface area contributed by atoms with Crippen LogP contribution in [0.1, 0.15) is 50.2 Å². The second-order valence-electron chi connectivity index (χ2n) is 5.94. The molecular weight excluding hydrogens is 280 g/mol. The summed E-state index contributed by atoms with van der Waals surface area (Å²) in [6.07, 6.45) is 6.24. The van der Waals surface area contributed by atoms with Crippen molar-refractivity contribution in [2.45, 2.75) is 52.9 Å². The molecule has 2 rings (SSSR count). The van der Waals surface area contributed by atoms with Gasteiger partial charge in [-0.15, -0.1) is 11.3 Å². The average Bonchev–Trinajstić information content (AvgIpc) is 2.83. The number of hydrogen-bond donors (Lipinski definition) is 2. The Morgan fingerprint density at radius 2 is 2.19 bits per heavy atom. The van der Waals surface area contributed by atoms with E-state index in [9.17, 15) is 0 Å². The van der Waals surface area contributed by atoms with Gasteiger partial charge in [0.15, 0.2) is 5.96 Å². The van der Waals surface area contributed by atoms with E-state index in [-0.39, 0.29) is 0 Å². The molecule has 0 aromatic carbocycles. The van der Waals surface area contributed by atoms with Gasteiger partial charge in [-0.2, -0.15) is 0 Å². The minimum atomic E-state index is 0.481. The van der Waals surface area contributed by atoms with Gasteiger partial charge in [-0.05, 0) is 38.5 Å². The minimum absolute atomic E-state index is 0.481. The number of nitrogens with one attached hydrogen (secondary N) is 2. The minimum Gasteiger partial charge on any atom is -0.357 e. The largest absolute Gasteiger partial charge is 0.357 e. The molecule has 0 bridgehead atoms. The number of thiazole rings is 1. The highest BCUT2D eigenvalue weighted by atomic mass is 32.1. The zero-order chi connectivity index (χ0) is 15.1. The molecule has 2 N–H and O–H groups in total. The molecule has 0 spiro atoms. The lowest BCUT2D eigenvalue weighted by molar-refractivity contribution is 0.139. The summed E-state index contributed by atoms with van der Waals surface area (Å²) in [7, 11) is 0. The second-order valence-corrected chi connectivity index (χ2v) is 7.00. The number of hydrogen-bond acceptors (Lipinski definition) is 3. The fraction of sp³-hybridized carbons (Fsp3) is 0.750. The highest BCUT2D eigenvalue weighted by molar-refractivity contribution is 7.09. The molecule has 0 unspecified atom stereocenters. The van der Waals surface area contributed by atoms with Crippen molar-refractivity contribution in [3.05, 3.63) is 16.1 Å². The number of nitrogens with zero attached hydrogens (tertiary/aromatic N) is 2. The van der Waals surface area contributed by atoms with Crippen LogP contribution >= 0.6 is 11.3 Å². The van der Waals surface area contributed by atoms with Gasteiger partial charge < -0.3 is 10.6 Å². The first kappa shape index (κ1) is 16.3. The van der Waals surface area contributed by atoms with Crippen molar-refractivity contribution in [2.24, 2.45) is 10.4 Å². The van der Waals surface area contributed by atoms with Crippen molar-refractivity contribution < 1.29 is 0 Å². The van der Waals surface area contributed by atoms with Crippen molar-refractivity contribution in [3.63, 3.8) is 0 Å². The Balaban J connectivity index is 1.80. The molecule has 1 heterocycles. The van der Waals surface area contributed by atoms with Gasteiger partial charge in [0.05, 0.1) is 10.7 Å². The summed E-state index contributed by atoms with van der Waals surface area (Å²) in [5, 5.41) is 10.0. The van der Waals surface area contributed by atoms with Crippen LogP contribution < -0.4 is 10.6 Å². The third kappa shape index (κ3) is 4.70. The summed E-state index contributed by atoms with van der Waals surface area (Å²) in [5.74, 6) is 0.948. The zero-order valence-electron chi connectivity index (χ0n) is 13.5. The maximum absolute atomic E-state index is 4.79. The van der Waals surface area contributed by atoms with Gasteiger partial charge in [-0.1, -0.05) is 13.3 Å². The first-order valence-electron chi connectivity index (χ1n) is 8.10. The van der Waals surface area contributed by atoms with Crippen LogP contribution in [0.15, 0.2) is 10.4 Å². The number of rotatable bonds is 7. The zero-order valence-corrected chi connectivity index (χ0v) is 14.4. The maximum atomic E-state index is 4.79. The average molecular weight is 308 g/mol. The molecule has 21 heavy (non-hydrogen) atoms. The molecule has 1 aliphatic carbocycles. The molecule has 1 aliphatic rings. The molecule has 0 atom stereocenters. The number of guanidine groups is 1. The van der Waals surface area contributed by atoms with Gasteiger partial charge in [0.1, 0.15) is 0 Å². The molecule has 1 aromatic heterocycles. The van der Waals surface area contributed by atoms with Crippen molar-refractivity contribution >= 4 is 17.3 Å². The van der Waals surface area contributed by atoms with Gasteiger partial charge in [0.25, 0.3) is 0 Å². The summed E-state index contributed by atoms with van der Waals surface area (Å²) < 4.78 is 0. The van der Waals surface area contributed by atoms with Crippen LogP contribution in [0, 0.1) is 12.3 Å². The smallest absolute Gasteiger partial charge is 0.191 e. The summed E-state index contributed by atoms with van der Waals surface area (Å²) in [5.41, 5.74) is 1.65. The standard InChI is InChI=1S/C16H28N4S/c1-4-16(8-6-9-16)12-19-15(17-5-2)18-10-7-14-11-21-13(3)20-14/h11H,4-10,12H2,1-3H3,(H2,17,18,19). The SMILES string of the molecule is CCNC(=NCC1(CC)CCC1)NCCc1csc(C)n1. The molecule has 1 fully saturated rings. The van der Waals surface area contributed by atoms with E-state index in [1.54, 1.807) is 11.3 Å². The van der Waals surface area contributed by atoms with Crippen LogP contribution in [0.2, 0.25) is 0 Å². The molecular formula is C16H28N4S. The molecule has 5 heteroatoms. The Bertz CT molecular complexity index is 457. The maximum Gasteiger partial charge on any atom is 0.191 e. The highest BCUT2D eigenvalue weighted by Crippen LogP contribution is 2.43. The van der Waals surface area contributed by atoms with E-state index in [1.165, 1.54) is 31.4 Å². The summed E-state index contributed by atoms with van der Waals surface area (Å²) in [6.45, 7) is 9.19. The Hall–Kier alpha value is -1.10. The highest BCUT2D eigenvalue weighted by Gasteiger charge is 2.34. The van der Waals surface area contributed by atoms with E-state index in [0.29, 0.717) is 5.41 Å². The van der Waals surface area contributed by atoms with E-state index in [2.05, 4.69) is 41.8 Å². The lowest BCUT2D eigenvalue weighted by atomic mass is 9.67. The van der Waals surface area contributed by atoms with Gasteiger partial charge in [-0.3, -0.25) is 4.99 Å². The molecule has 0 saturated heterocycles. The third-order valence-corrected chi connectivity index (χ3v) is 5.24. The number of aromatic nitrogens is 1. The molecule has 1 aromatic rings. The lowest BCUT2D eigenvalue weighted by Crippen LogP contribution is -2.40. The van der Waals surface area contributed by atoms with Crippen LogP contribution in [0.5, 0.6) is 0 Å². The monoisotopic (exact) mass is 308 g/mol. The summed E-state index contributed by atoms with van der Waals surface area (Å²) in [6, 6.07) is 0. The fourth-order valence-corrected chi connectivity index (χ4v) is 3.37. The normalized spacial score (nSPS) is 17.4. The van der Waals surface area contributed by atoms with Gasteiger partial charge in [0, 0.05) is 31.4 Å². The van der Waals surface area contributed by atoms with Crippen molar-refractivity contribution in [1.29, 1.82) is 0 Å². The van der Waals surface area contributed by atoms with Gasteiger partial charge >= 0.3 is 0 Å². The van der Waals surface area contributed by atoms with Crippen molar-refractivity contribution in [1.82, 2.24) is 15.6 Å². The molecule has 0 radical (unpaired) electrons. The number of aliphatic imine (C=N–C) groups is 1. The van der Waals surface area contributed by atoms with E-state index >= 15 is 0 Å². The lowest BCUT2D eigenvalue weighted by Gasteiger charge is -2.40. The Kier molecular flexibility index (Phi) is 6.03. The van der Waals surface area contributed by atoms with Crippen molar-refractivity contribution in [3.8, 4) is 0 Å². The molecule has 118 valence electrons. The van der Waals surface area contributed by atoms with E-state index < -0.39 is 0 Å². The van der Waals surface area contributed by atoms with E-state index in [0.717, 1.165) is 37.0 Å². The predicted octanol–water partition coefficient (Wildman–Crippen LogP) is 3.13. The van der Waals surface area contributed by atoms with Crippen molar-refractivity contribution in [2.75, 3.05) is 19.6 Å². The fourth-order valence-electron chi connectivity index (χ4n) is 2.72. The van der Waals surface area contributed by atoms with Crippen LogP contribution in [-0.4, -0.2) is 30.6 Å². The molecule has 0 aliphatic heterocycles. The Morgan fingerprint density at radius 1 is 1.38 bits per heavy atom.